The number of hydrogen-bond donors (Lipinski definition) is 1. The third kappa shape index (κ3) is 3.04. The number of benzene rings is 1. The summed E-state index contributed by atoms with van der Waals surface area (Å²) >= 11 is 1.30. The van der Waals surface area contributed by atoms with Crippen LogP contribution in [0.1, 0.15) is 17.4 Å². The fourth-order valence-electron chi connectivity index (χ4n) is 1.99. The maximum atomic E-state index is 12.2. The SMILES string of the molecule is CCc1ccc(S(=O)(=O)NCc2ccc3c(c2)OCO3)s1. The van der Waals surface area contributed by atoms with Crippen molar-refractivity contribution in [3.63, 3.8) is 0 Å². The van der Waals surface area contributed by atoms with E-state index >= 15 is 0 Å². The lowest BCUT2D eigenvalue weighted by molar-refractivity contribution is 0.174. The molecule has 0 bridgehead atoms. The fourth-order valence-corrected chi connectivity index (χ4v) is 4.35. The predicted octanol–water partition coefficient (Wildman–Crippen LogP) is 2.52. The Bertz CT molecular complexity index is 752. The second-order valence-corrected chi connectivity index (χ2v) is 7.75. The molecule has 1 aromatic heterocycles. The van der Waals surface area contributed by atoms with E-state index in [1.165, 1.54) is 11.3 Å². The fraction of sp³-hybridized carbons (Fsp3) is 0.286. The molecule has 7 heteroatoms. The lowest BCUT2D eigenvalue weighted by Crippen LogP contribution is -2.22. The van der Waals surface area contributed by atoms with Crippen LogP contribution in [0.3, 0.4) is 0 Å². The minimum Gasteiger partial charge on any atom is -0.454 e. The molecule has 5 nitrogen and oxygen atoms in total. The summed E-state index contributed by atoms with van der Waals surface area (Å²) in [6.07, 6.45) is 0.836. The van der Waals surface area contributed by atoms with Gasteiger partial charge in [0, 0.05) is 11.4 Å². The Morgan fingerprint density at radius 1 is 1.19 bits per heavy atom. The molecule has 0 amide bonds. The van der Waals surface area contributed by atoms with Crippen molar-refractivity contribution in [2.24, 2.45) is 0 Å². The molecule has 1 aliphatic heterocycles. The van der Waals surface area contributed by atoms with Crippen LogP contribution in [0.5, 0.6) is 11.5 Å². The molecule has 3 rings (SSSR count). The minimum absolute atomic E-state index is 0.208. The first-order chi connectivity index (χ1) is 10.1. The van der Waals surface area contributed by atoms with Gasteiger partial charge in [-0.05, 0) is 36.2 Å². The number of hydrogen-bond acceptors (Lipinski definition) is 5. The van der Waals surface area contributed by atoms with Crippen molar-refractivity contribution < 1.29 is 17.9 Å². The third-order valence-electron chi connectivity index (χ3n) is 3.15. The average Bonchev–Trinajstić information content (AvgIpc) is 3.13. The van der Waals surface area contributed by atoms with Crippen LogP contribution in [0.15, 0.2) is 34.5 Å². The van der Waals surface area contributed by atoms with Crippen molar-refractivity contribution in [1.29, 1.82) is 0 Å². The minimum atomic E-state index is -3.47. The van der Waals surface area contributed by atoms with E-state index in [2.05, 4.69) is 4.72 Å². The first-order valence-corrected chi connectivity index (χ1v) is 8.85. The summed E-state index contributed by atoms with van der Waals surface area (Å²) in [6.45, 7) is 2.43. The van der Waals surface area contributed by atoms with Crippen LogP contribution in [0.4, 0.5) is 0 Å². The Morgan fingerprint density at radius 3 is 2.76 bits per heavy atom. The smallest absolute Gasteiger partial charge is 0.250 e. The monoisotopic (exact) mass is 325 g/mol. The van der Waals surface area contributed by atoms with Crippen LogP contribution in [-0.2, 0) is 23.0 Å². The molecule has 0 aliphatic carbocycles. The Hall–Kier alpha value is -1.57. The van der Waals surface area contributed by atoms with Crippen molar-refractivity contribution in [2.75, 3.05) is 6.79 Å². The van der Waals surface area contributed by atoms with E-state index in [4.69, 9.17) is 9.47 Å². The molecule has 1 aliphatic rings. The second kappa shape index (κ2) is 5.67. The van der Waals surface area contributed by atoms with Crippen molar-refractivity contribution in [3.8, 4) is 11.5 Å². The highest BCUT2D eigenvalue weighted by molar-refractivity contribution is 7.91. The van der Waals surface area contributed by atoms with E-state index in [9.17, 15) is 8.42 Å². The highest BCUT2D eigenvalue weighted by Gasteiger charge is 2.18. The van der Waals surface area contributed by atoms with Gasteiger partial charge in [0.1, 0.15) is 4.21 Å². The zero-order valence-corrected chi connectivity index (χ0v) is 13.1. The molecule has 0 saturated heterocycles. The molecule has 2 heterocycles. The lowest BCUT2D eigenvalue weighted by Gasteiger charge is -2.06. The van der Waals surface area contributed by atoms with E-state index in [-0.39, 0.29) is 13.3 Å². The van der Waals surface area contributed by atoms with Gasteiger partial charge >= 0.3 is 0 Å². The summed E-state index contributed by atoms with van der Waals surface area (Å²) in [5.74, 6) is 1.34. The van der Waals surface area contributed by atoms with Gasteiger partial charge in [0.2, 0.25) is 16.8 Å². The number of aryl methyl sites for hydroxylation is 1. The van der Waals surface area contributed by atoms with Gasteiger partial charge in [-0.25, -0.2) is 13.1 Å². The molecule has 0 fully saturated rings. The number of nitrogens with one attached hydrogen (secondary N) is 1. The molecule has 1 aromatic carbocycles. The number of thiophene rings is 1. The topological polar surface area (TPSA) is 64.6 Å². The maximum absolute atomic E-state index is 12.2. The highest BCUT2D eigenvalue weighted by Crippen LogP contribution is 2.32. The molecule has 2 aromatic rings. The van der Waals surface area contributed by atoms with Gasteiger partial charge in [0.05, 0.1) is 0 Å². The predicted molar refractivity (Wildman–Crippen MR) is 80.3 cm³/mol. The Balaban J connectivity index is 1.71. The van der Waals surface area contributed by atoms with Crippen molar-refractivity contribution in [1.82, 2.24) is 4.72 Å². The lowest BCUT2D eigenvalue weighted by atomic mass is 10.2. The second-order valence-electron chi connectivity index (χ2n) is 4.59. The summed E-state index contributed by atoms with van der Waals surface area (Å²) in [5, 5.41) is 0. The number of ether oxygens (including phenoxy) is 2. The Morgan fingerprint density at radius 2 is 2.00 bits per heavy atom. The van der Waals surface area contributed by atoms with Crippen molar-refractivity contribution >= 4 is 21.4 Å². The van der Waals surface area contributed by atoms with E-state index < -0.39 is 10.0 Å². The van der Waals surface area contributed by atoms with E-state index in [1.54, 1.807) is 18.2 Å². The normalized spacial score (nSPS) is 13.6. The van der Waals surface area contributed by atoms with E-state index in [1.807, 2.05) is 19.1 Å². The molecule has 112 valence electrons. The zero-order valence-electron chi connectivity index (χ0n) is 11.5. The van der Waals surface area contributed by atoms with Gasteiger partial charge in [-0.2, -0.15) is 0 Å². The molecule has 21 heavy (non-hydrogen) atoms. The number of sulfonamides is 1. The van der Waals surface area contributed by atoms with Crippen molar-refractivity contribution in [2.45, 2.75) is 24.1 Å². The van der Waals surface area contributed by atoms with Gasteiger partial charge in [0.15, 0.2) is 11.5 Å². The molecular formula is C14H15NO4S2. The van der Waals surface area contributed by atoms with E-state index in [0.29, 0.717) is 15.7 Å². The largest absolute Gasteiger partial charge is 0.454 e. The van der Waals surface area contributed by atoms with Crippen LogP contribution in [0, 0.1) is 0 Å². The van der Waals surface area contributed by atoms with Gasteiger partial charge in [-0.15, -0.1) is 11.3 Å². The first kappa shape index (κ1) is 14.4. The Labute approximate surface area is 127 Å². The molecule has 0 unspecified atom stereocenters. The summed E-state index contributed by atoms with van der Waals surface area (Å²) in [4.78, 5) is 1.05. The summed E-state index contributed by atoms with van der Waals surface area (Å²) in [7, 11) is -3.47. The highest BCUT2D eigenvalue weighted by atomic mass is 32.2. The molecule has 0 atom stereocenters. The van der Waals surface area contributed by atoms with Crippen LogP contribution in [0.2, 0.25) is 0 Å². The van der Waals surface area contributed by atoms with Gasteiger partial charge in [-0.1, -0.05) is 13.0 Å². The maximum Gasteiger partial charge on any atom is 0.250 e. The van der Waals surface area contributed by atoms with Crippen LogP contribution in [0.25, 0.3) is 0 Å². The number of fused-ring (bicyclic) bond motifs is 1. The zero-order chi connectivity index (χ0) is 14.9. The van der Waals surface area contributed by atoms with Gasteiger partial charge in [0.25, 0.3) is 0 Å². The van der Waals surface area contributed by atoms with E-state index in [0.717, 1.165) is 16.9 Å². The molecule has 0 spiro atoms. The standard InChI is InChI=1S/C14H15NO4S2/c1-2-11-4-6-14(20-11)21(16,17)15-8-10-3-5-12-13(7-10)19-9-18-12/h3-7,15H,2,8-9H2,1H3. The molecule has 1 N–H and O–H groups in total. The first-order valence-electron chi connectivity index (χ1n) is 6.55. The average molecular weight is 325 g/mol. The summed E-state index contributed by atoms with van der Waals surface area (Å²) in [6, 6.07) is 8.89. The van der Waals surface area contributed by atoms with Gasteiger partial charge < -0.3 is 9.47 Å². The summed E-state index contributed by atoms with van der Waals surface area (Å²) < 4.78 is 37.9. The van der Waals surface area contributed by atoms with Crippen LogP contribution >= 0.6 is 11.3 Å². The quantitative estimate of drug-likeness (QED) is 0.917. The molecule has 0 saturated carbocycles. The van der Waals surface area contributed by atoms with Crippen molar-refractivity contribution in [3.05, 3.63) is 40.8 Å². The van der Waals surface area contributed by atoms with Gasteiger partial charge in [-0.3, -0.25) is 0 Å². The van der Waals surface area contributed by atoms with Crippen LogP contribution < -0.4 is 14.2 Å². The summed E-state index contributed by atoms with van der Waals surface area (Å²) in [5.41, 5.74) is 0.829. The number of rotatable bonds is 5. The van der Waals surface area contributed by atoms with Crippen LogP contribution in [-0.4, -0.2) is 15.2 Å². The molecule has 0 radical (unpaired) electrons. The molecular weight excluding hydrogens is 310 g/mol. The third-order valence-corrected chi connectivity index (χ3v) is 6.28. The Kier molecular flexibility index (Phi) is 3.88.